The predicted octanol–water partition coefficient (Wildman–Crippen LogP) is 4.53. The van der Waals surface area contributed by atoms with E-state index in [1.165, 1.54) is 0 Å². The van der Waals surface area contributed by atoms with Crippen molar-refractivity contribution in [3.05, 3.63) is 40.7 Å². The highest BCUT2D eigenvalue weighted by Crippen LogP contribution is 2.59. The van der Waals surface area contributed by atoms with E-state index in [0.29, 0.717) is 36.7 Å². The summed E-state index contributed by atoms with van der Waals surface area (Å²) < 4.78 is 38.7. The van der Waals surface area contributed by atoms with Crippen LogP contribution >= 0.6 is 0 Å². The van der Waals surface area contributed by atoms with Crippen molar-refractivity contribution in [3.8, 4) is 17.2 Å². The van der Waals surface area contributed by atoms with Crippen LogP contribution in [0.5, 0.6) is 17.2 Å². The van der Waals surface area contributed by atoms with E-state index in [4.69, 9.17) is 24.4 Å². The lowest BCUT2D eigenvalue weighted by atomic mass is 10.0. The number of halogens is 1. The molecule has 0 bridgehead atoms. The molecule has 5 rings (SSSR count). The third-order valence-corrected chi connectivity index (χ3v) is 10.1. The highest BCUT2D eigenvalue weighted by molar-refractivity contribution is 6.89. The molecule has 2 aromatic rings. The molecule has 2 aromatic carbocycles. The minimum atomic E-state index is -1.90. The van der Waals surface area contributed by atoms with Gasteiger partial charge in [-0.2, -0.15) is 0 Å². The van der Waals surface area contributed by atoms with Gasteiger partial charge in [0, 0.05) is 18.7 Å². The largest absolute Gasteiger partial charge is 0.495 e. The van der Waals surface area contributed by atoms with Gasteiger partial charge in [0.05, 0.1) is 64.9 Å². The molecular formula is C30H40FN3O5Si. The second-order valence-electron chi connectivity index (χ2n) is 11.6. The van der Waals surface area contributed by atoms with Gasteiger partial charge < -0.3 is 28.7 Å². The number of carbonyl (C=O) groups is 1. The zero-order valence-corrected chi connectivity index (χ0v) is 25.4. The third kappa shape index (κ3) is 4.74. The maximum Gasteiger partial charge on any atom is 0.197 e. The van der Waals surface area contributed by atoms with Crippen molar-refractivity contribution in [1.82, 2.24) is 4.90 Å². The molecule has 1 N–H and O–H groups in total. The number of amidine groups is 1. The van der Waals surface area contributed by atoms with Crippen LogP contribution in [0.2, 0.25) is 19.6 Å². The van der Waals surface area contributed by atoms with Gasteiger partial charge in [-0.1, -0.05) is 19.6 Å². The average molecular weight is 570 g/mol. The molecule has 0 atom stereocenters. The number of morpholine rings is 1. The number of carbonyl (C=O) groups excluding carboxylic acids is 1. The SMILES string of the molecule is CCOc1cc2c(c(F)c1OCC)C(=N)N(CC(=O)c1cc(N3CCOCC3)c(OC)c([Si](C)(C)C)c1)C21CC1. The Morgan fingerprint density at radius 2 is 1.75 bits per heavy atom. The molecule has 0 radical (unpaired) electrons. The fourth-order valence-electron chi connectivity index (χ4n) is 5.95. The number of anilines is 1. The van der Waals surface area contributed by atoms with Crippen LogP contribution in [-0.2, 0) is 10.3 Å². The summed E-state index contributed by atoms with van der Waals surface area (Å²) in [4.78, 5) is 18.0. The molecular weight excluding hydrogens is 529 g/mol. The molecule has 40 heavy (non-hydrogen) atoms. The van der Waals surface area contributed by atoms with Crippen LogP contribution in [0.25, 0.3) is 0 Å². The number of Topliss-reactive ketones (excluding diaryl/α,β-unsaturated/α-hetero) is 1. The highest BCUT2D eigenvalue weighted by Gasteiger charge is 2.58. The van der Waals surface area contributed by atoms with Crippen LogP contribution in [0.4, 0.5) is 10.1 Å². The standard InChI is InChI=1S/C30H40FN3O5Si/c1-7-38-23-17-20-25(26(31)28(23)39-8-2)29(32)34(30(20)9-10-30)18-22(35)19-15-21(33-11-13-37-14-12-33)27(36-3)24(16-19)40(4,5)6/h15-17,32H,7-14,18H2,1-6H3. The normalized spacial score (nSPS) is 17.7. The molecule has 2 heterocycles. The van der Waals surface area contributed by atoms with Crippen LogP contribution in [0, 0.1) is 11.2 Å². The third-order valence-electron chi connectivity index (χ3n) is 8.08. The number of methoxy groups -OCH3 is 1. The van der Waals surface area contributed by atoms with E-state index in [9.17, 15) is 4.79 Å². The molecule has 1 aliphatic carbocycles. The first-order valence-corrected chi connectivity index (χ1v) is 17.6. The van der Waals surface area contributed by atoms with Gasteiger partial charge in [0.1, 0.15) is 11.6 Å². The summed E-state index contributed by atoms with van der Waals surface area (Å²) in [5, 5.41) is 10.1. The Balaban J connectivity index is 1.53. The minimum Gasteiger partial charge on any atom is -0.495 e. The molecule has 8 nitrogen and oxygen atoms in total. The van der Waals surface area contributed by atoms with Crippen molar-refractivity contribution in [1.29, 1.82) is 5.41 Å². The molecule has 0 unspecified atom stereocenters. The van der Waals surface area contributed by atoms with Gasteiger partial charge in [0.25, 0.3) is 0 Å². The predicted molar refractivity (Wildman–Crippen MR) is 157 cm³/mol. The number of hydrogen-bond acceptors (Lipinski definition) is 7. The summed E-state index contributed by atoms with van der Waals surface area (Å²) in [6.07, 6.45) is 1.49. The van der Waals surface area contributed by atoms with Crippen molar-refractivity contribution in [2.24, 2.45) is 0 Å². The maximum atomic E-state index is 15.8. The summed E-state index contributed by atoms with van der Waals surface area (Å²) in [6.45, 7) is 13.7. The Kier molecular flexibility index (Phi) is 7.60. The summed E-state index contributed by atoms with van der Waals surface area (Å²) in [7, 11) is -0.215. The molecule has 2 fully saturated rings. The van der Waals surface area contributed by atoms with Gasteiger partial charge in [0.15, 0.2) is 23.1 Å². The molecule has 1 saturated heterocycles. The summed E-state index contributed by atoms with van der Waals surface area (Å²) >= 11 is 0. The Morgan fingerprint density at radius 3 is 2.33 bits per heavy atom. The molecule has 1 spiro atoms. The second kappa shape index (κ2) is 10.7. The van der Waals surface area contributed by atoms with Crippen molar-refractivity contribution >= 4 is 30.6 Å². The molecule has 2 aliphatic heterocycles. The Labute approximate surface area is 236 Å². The Hall–Kier alpha value is -3.11. The Morgan fingerprint density at radius 1 is 1.07 bits per heavy atom. The van der Waals surface area contributed by atoms with Crippen molar-refractivity contribution in [2.75, 3.05) is 58.1 Å². The zero-order chi connectivity index (χ0) is 28.8. The number of rotatable bonds is 10. The lowest BCUT2D eigenvalue weighted by Crippen LogP contribution is -2.43. The fourth-order valence-corrected chi connectivity index (χ4v) is 7.45. The van der Waals surface area contributed by atoms with Crippen molar-refractivity contribution < 1.29 is 28.1 Å². The lowest BCUT2D eigenvalue weighted by Gasteiger charge is -2.33. The van der Waals surface area contributed by atoms with Crippen LogP contribution in [0.3, 0.4) is 0 Å². The topological polar surface area (TPSA) is 84.3 Å². The van der Waals surface area contributed by atoms with Gasteiger partial charge in [-0.05, 0) is 55.6 Å². The number of ketones is 1. The number of nitrogens with one attached hydrogen (secondary N) is 1. The van der Waals surface area contributed by atoms with E-state index < -0.39 is 19.4 Å². The van der Waals surface area contributed by atoms with Crippen LogP contribution < -0.4 is 24.3 Å². The first kappa shape index (κ1) is 28.4. The summed E-state index contributed by atoms with van der Waals surface area (Å²) in [6, 6.07) is 5.71. The molecule has 1 saturated carbocycles. The van der Waals surface area contributed by atoms with Crippen molar-refractivity contribution in [3.63, 3.8) is 0 Å². The van der Waals surface area contributed by atoms with E-state index in [0.717, 1.165) is 42.6 Å². The van der Waals surface area contributed by atoms with E-state index in [1.54, 1.807) is 18.9 Å². The Bertz CT molecular complexity index is 1330. The highest BCUT2D eigenvalue weighted by atomic mass is 28.3. The quantitative estimate of drug-likeness (QED) is 0.333. The van der Waals surface area contributed by atoms with Gasteiger partial charge in [0.2, 0.25) is 0 Å². The van der Waals surface area contributed by atoms with E-state index in [-0.39, 0.29) is 36.1 Å². The average Bonchev–Trinajstić information content (AvgIpc) is 3.70. The maximum absolute atomic E-state index is 15.8. The molecule has 0 aromatic heterocycles. The molecule has 0 amide bonds. The number of benzene rings is 2. The number of hydrogen-bond donors (Lipinski definition) is 1. The van der Waals surface area contributed by atoms with Crippen LogP contribution in [0.15, 0.2) is 18.2 Å². The monoisotopic (exact) mass is 569 g/mol. The van der Waals surface area contributed by atoms with Gasteiger partial charge in [-0.25, -0.2) is 4.39 Å². The molecule has 10 heteroatoms. The summed E-state index contributed by atoms with van der Waals surface area (Å²) in [5.41, 5.74) is 1.85. The first-order valence-electron chi connectivity index (χ1n) is 14.1. The smallest absolute Gasteiger partial charge is 0.197 e. The second-order valence-corrected chi connectivity index (χ2v) is 16.7. The van der Waals surface area contributed by atoms with Gasteiger partial charge in [-0.15, -0.1) is 0 Å². The fraction of sp³-hybridized carbons (Fsp3) is 0.533. The zero-order valence-electron chi connectivity index (χ0n) is 24.4. The lowest BCUT2D eigenvalue weighted by molar-refractivity contribution is 0.0944. The van der Waals surface area contributed by atoms with Gasteiger partial charge >= 0.3 is 0 Å². The number of ether oxygens (including phenoxy) is 4. The van der Waals surface area contributed by atoms with Crippen molar-refractivity contribution in [2.45, 2.75) is 51.9 Å². The number of fused-ring (bicyclic) bond motifs is 2. The number of nitrogens with zero attached hydrogens (tertiary/aromatic N) is 2. The van der Waals surface area contributed by atoms with Gasteiger partial charge in [-0.3, -0.25) is 10.2 Å². The van der Waals surface area contributed by atoms with E-state index in [1.807, 2.05) is 25.1 Å². The minimum absolute atomic E-state index is 0.0130. The summed E-state index contributed by atoms with van der Waals surface area (Å²) in [5.74, 6) is 0.533. The van der Waals surface area contributed by atoms with Crippen LogP contribution in [0.1, 0.15) is 48.2 Å². The molecule has 216 valence electrons. The first-order chi connectivity index (χ1) is 19.1. The van der Waals surface area contributed by atoms with E-state index in [2.05, 4.69) is 24.5 Å². The van der Waals surface area contributed by atoms with E-state index >= 15 is 4.39 Å². The molecule has 3 aliphatic rings. The van der Waals surface area contributed by atoms with Crippen LogP contribution in [-0.4, -0.2) is 77.8 Å².